The Morgan fingerprint density at radius 3 is 1.90 bits per heavy atom. The van der Waals surface area contributed by atoms with Gasteiger partial charge in [0.2, 0.25) is 0 Å². The Bertz CT molecular complexity index is 887. The lowest BCUT2D eigenvalue weighted by Crippen LogP contribution is -2.40. The SMILES string of the molecule is CC(C)C(C)(C(=O)OCCOc1ccc(/N=N/c2ccc(C#N)cc2)cc1)C(C)C. The van der Waals surface area contributed by atoms with Crippen molar-refractivity contribution in [2.75, 3.05) is 13.2 Å². The predicted molar refractivity (Wildman–Crippen MR) is 116 cm³/mol. The standard InChI is InChI=1S/C24H29N3O3/c1-17(2)24(5,18(3)4)23(28)30-15-14-29-22-12-10-21(11-13-22)27-26-20-8-6-19(16-25)7-9-20/h6-13,17-18H,14-15H2,1-5H3/b27-26+. The van der Waals surface area contributed by atoms with Gasteiger partial charge in [0.05, 0.1) is 28.4 Å². The zero-order valence-corrected chi connectivity index (χ0v) is 18.3. The smallest absolute Gasteiger partial charge is 0.312 e. The van der Waals surface area contributed by atoms with Gasteiger partial charge in [-0.3, -0.25) is 4.79 Å². The second-order valence-electron chi connectivity index (χ2n) is 7.93. The summed E-state index contributed by atoms with van der Waals surface area (Å²) < 4.78 is 11.1. The molecule has 2 aromatic carbocycles. The lowest BCUT2D eigenvalue weighted by atomic mass is 9.70. The summed E-state index contributed by atoms with van der Waals surface area (Å²) in [7, 11) is 0. The molecule has 0 aliphatic carbocycles. The molecule has 0 fully saturated rings. The molecule has 0 amide bonds. The van der Waals surface area contributed by atoms with Crippen molar-refractivity contribution in [2.45, 2.75) is 34.6 Å². The van der Waals surface area contributed by atoms with E-state index in [4.69, 9.17) is 14.7 Å². The van der Waals surface area contributed by atoms with Crippen molar-refractivity contribution in [1.29, 1.82) is 5.26 Å². The summed E-state index contributed by atoms with van der Waals surface area (Å²) in [6.45, 7) is 10.6. The number of azo groups is 1. The Morgan fingerprint density at radius 1 is 0.933 bits per heavy atom. The van der Waals surface area contributed by atoms with Gasteiger partial charge in [-0.2, -0.15) is 15.5 Å². The maximum Gasteiger partial charge on any atom is 0.312 e. The zero-order chi connectivity index (χ0) is 22.1. The van der Waals surface area contributed by atoms with Crippen LogP contribution in [0.3, 0.4) is 0 Å². The van der Waals surface area contributed by atoms with Crippen molar-refractivity contribution in [2.24, 2.45) is 27.5 Å². The van der Waals surface area contributed by atoms with Crippen molar-refractivity contribution >= 4 is 17.3 Å². The van der Waals surface area contributed by atoms with E-state index in [0.29, 0.717) is 22.7 Å². The summed E-state index contributed by atoms with van der Waals surface area (Å²) in [4.78, 5) is 12.5. The highest BCUT2D eigenvalue weighted by Crippen LogP contribution is 2.36. The lowest BCUT2D eigenvalue weighted by Gasteiger charge is -2.35. The van der Waals surface area contributed by atoms with Crippen LogP contribution in [0.15, 0.2) is 58.8 Å². The Balaban J connectivity index is 1.82. The van der Waals surface area contributed by atoms with Gasteiger partial charge in [-0.1, -0.05) is 27.7 Å². The number of carbonyl (C=O) groups is 1. The molecular formula is C24H29N3O3. The van der Waals surface area contributed by atoms with Crippen LogP contribution >= 0.6 is 0 Å². The van der Waals surface area contributed by atoms with Gasteiger partial charge < -0.3 is 9.47 Å². The molecule has 2 rings (SSSR count). The molecule has 6 nitrogen and oxygen atoms in total. The highest BCUT2D eigenvalue weighted by molar-refractivity contribution is 5.77. The maximum atomic E-state index is 12.5. The van der Waals surface area contributed by atoms with Gasteiger partial charge in [-0.25, -0.2) is 0 Å². The van der Waals surface area contributed by atoms with Gasteiger partial charge in [0.15, 0.2) is 0 Å². The van der Waals surface area contributed by atoms with E-state index in [-0.39, 0.29) is 31.0 Å². The van der Waals surface area contributed by atoms with E-state index >= 15 is 0 Å². The van der Waals surface area contributed by atoms with Gasteiger partial charge in [-0.05, 0) is 67.3 Å². The highest BCUT2D eigenvalue weighted by atomic mass is 16.6. The minimum absolute atomic E-state index is 0.185. The van der Waals surface area contributed by atoms with Crippen molar-refractivity contribution in [3.63, 3.8) is 0 Å². The molecule has 0 aromatic heterocycles. The molecule has 0 bridgehead atoms. The van der Waals surface area contributed by atoms with E-state index in [1.807, 2.05) is 34.6 Å². The summed E-state index contributed by atoms with van der Waals surface area (Å²) in [5, 5.41) is 17.1. The number of nitriles is 1. The quantitative estimate of drug-likeness (QED) is 0.281. The Morgan fingerprint density at radius 2 is 1.43 bits per heavy atom. The van der Waals surface area contributed by atoms with E-state index in [1.54, 1.807) is 48.5 Å². The lowest BCUT2D eigenvalue weighted by molar-refractivity contribution is -0.161. The third-order valence-corrected chi connectivity index (χ3v) is 5.54. The molecule has 2 aromatic rings. The number of hydrogen-bond acceptors (Lipinski definition) is 6. The average molecular weight is 408 g/mol. The van der Waals surface area contributed by atoms with E-state index in [2.05, 4.69) is 16.3 Å². The van der Waals surface area contributed by atoms with Crippen molar-refractivity contribution < 1.29 is 14.3 Å². The maximum absolute atomic E-state index is 12.5. The van der Waals surface area contributed by atoms with Crippen LogP contribution in [-0.2, 0) is 9.53 Å². The van der Waals surface area contributed by atoms with Gasteiger partial charge in [0.25, 0.3) is 0 Å². The number of benzene rings is 2. The van der Waals surface area contributed by atoms with Crippen LogP contribution in [-0.4, -0.2) is 19.2 Å². The van der Waals surface area contributed by atoms with E-state index in [9.17, 15) is 4.79 Å². The zero-order valence-electron chi connectivity index (χ0n) is 18.3. The molecule has 0 radical (unpaired) electrons. The fourth-order valence-electron chi connectivity index (χ4n) is 2.91. The first kappa shape index (κ1) is 23.1. The summed E-state index contributed by atoms with van der Waals surface area (Å²) in [5.41, 5.74) is 1.43. The van der Waals surface area contributed by atoms with E-state index < -0.39 is 5.41 Å². The molecule has 0 N–H and O–H groups in total. The Hall–Kier alpha value is -3.20. The number of ether oxygens (including phenoxy) is 2. The number of hydrogen-bond donors (Lipinski definition) is 0. The van der Waals surface area contributed by atoms with Crippen molar-refractivity contribution in [3.8, 4) is 11.8 Å². The minimum atomic E-state index is -0.512. The minimum Gasteiger partial charge on any atom is -0.490 e. The first-order valence-corrected chi connectivity index (χ1v) is 10.1. The largest absolute Gasteiger partial charge is 0.490 e. The number of nitrogens with zero attached hydrogens (tertiary/aromatic N) is 3. The van der Waals surface area contributed by atoms with Crippen LogP contribution in [0.1, 0.15) is 40.2 Å². The van der Waals surface area contributed by atoms with Crippen molar-refractivity contribution in [1.82, 2.24) is 0 Å². The fraction of sp³-hybridized carbons (Fsp3) is 0.417. The summed E-state index contributed by atoms with van der Waals surface area (Å²) in [5.74, 6) is 0.863. The van der Waals surface area contributed by atoms with Gasteiger partial charge in [0.1, 0.15) is 19.0 Å². The Kier molecular flexibility index (Phi) is 8.11. The molecule has 0 unspecified atom stereocenters. The van der Waals surface area contributed by atoms with Crippen LogP contribution in [0, 0.1) is 28.6 Å². The first-order valence-electron chi connectivity index (χ1n) is 10.1. The average Bonchev–Trinajstić information content (AvgIpc) is 2.75. The molecule has 6 heteroatoms. The summed E-state index contributed by atoms with van der Waals surface area (Å²) >= 11 is 0. The topological polar surface area (TPSA) is 84.0 Å². The second kappa shape index (κ2) is 10.5. The summed E-state index contributed by atoms with van der Waals surface area (Å²) in [6.07, 6.45) is 0. The van der Waals surface area contributed by atoms with Gasteiger partial charge in [-0.15, -0.1) is 0 Å². The Labute approximate surface area is 178 Å². The number of rotatable bonds is 9. The van der Waals surface area contributed by atoms with Crippen molar-refractivity contribution in [3.05, 3.63) is 54.1 Å². The molecule has 0 saturated heterocycles. The van der Waals surface area contributed by atoms with Crippen LogP contribution in [0.5, 0.6) is 5.75 Å². The molecule has 30 heavy (non-hydrogen) atoms. The molecule has 0 saturated carbocycles. The van der Waals surface area contributed by atoms with E-state index in [0.717, 1.165) is 0 Å². The van der Waals surface area contributed by atoms with Crippen LogP contribution in [0.4, 0.5) is 11.4 Å². The molecule has 0 atom stereocenters. The summed E-state index contributed by atoms with van der Waals surface area (Å²) in [6, 6.07) is 16.1. The van der Waals surface area contributed by atoms with Crippen LogP contribution in [0.2, 0.25) is 0 Å². The van der Waals surface area contributed by atoms with Gasteiger partial charge in [0, 0.05) is 0 Å². The van der Waals surface area contributed by atoms with E-state index in [1.165, 1.54) is 0 Å². The normalized spacial score (nSPS) is 11.7. The number of esters is 1. The second-order valence-corrected chi connectivity index (χ2v) is 7.93. The van der Waals surface area contributed by atoms with Crippen LogP contribution in [0.25, 0.3) is 0 Å². The molecule has 0 aliphatic heterocycles. The molecule has 0 aliphatic rings. The highest BCUT2D eigenvalue weighted by Gasteiger charge is 2.41. The first-order chi connectivity index (χ1) is 14.3. The fourth-order valence-corrected chi connectivity index (χ4v) is 2.91. The molecule has 158 valence electrons. The monoisotopic (exact) mass is 407 g/mol. The van der Waals surface area contributed by atoms with Gasteiger partial charge >= 0.3 is 5.97 Å². The number of carbonyl (C=O) groups excluding carboxylic acids is 1. The third kappa shape index (κ3) is 5.90. The molecule has 0 heterocycles. The molecule has 0 spiro atoms. The third-order valence-electron chi connectivity index (χ3n) is 5.54. The predicted octanol–water partition coefficient (Wildman–Crippen LogP) is 6.21. The molecular weight excluding hydrogens is 378 g/mol. The van der Waals surface area contributed by atoms with Crippen LogP contribution < -0.4 is 4.74 Å².